The minimum absolute atomic E-state index is 0.877. The molecule has 0 saturated carbocycles. The lowest BCUT2D eigenvalue weighted by atomic mass is 10.1. The van der Waals surface area contributed by atoms with Crippen molar-refractivity contribution in [3.8, 4) is 0 Å². The minimum Gasteiger partial charge on any atom is -0.313 e. The molecule has 0 N–H and O–H groups in total. The molecule has 0 aliphatic carbocycles. The summed E-state index contributed by atoms with van der Waals surface area (Å²) < 4.78 is 4.23. The number of piperidine rings is 1. The number of aromatic nitrogens is 5. The van der Waals surface area contributed by atoms with Crippen LogP contribution in [0.5, 0.6) is 0 Å². The van der Waals surface area contributed by atoms with Gasteiger partial charge < -0.3 is 4.57 Å². The molecule has 0 bridgehead atoms. The van der Waals surface area contributed by atoms with Crippen molar-refractivity contribution < 1.29 is 0 Å². The Hall–Kier alpha value is -1.73. The van der Waals surface area contributed by atoms with E-state index in [-0.39, 0.29) is 0 Å². The van der Waals surface area contributed by atoms with Crippen molar-refractivity contribution in [2.24, 2.45) is 7.05 Å². The third-order valence-corrected chi connectivity index (χ3v) is 5.10. The normalized spacial score (nSPS) is 20.0. The summed E-state index contributed by atoms with van der Waals surface area (Å²) in [6.45, 7) is 7.31. The van der Waals surface area contributed by atoms with Crippen LogP contribution in [0.3, 0.4) is 0 Å². The van der Waals surface area contributed by atoms with E-state index in [1.807, 2.05) is 17.9 Å². The maximum Gasteiger partial charge on any atom is 0.147 e. The molecule has 2 aromatic heterocycles. The van der Waals surface area contributed by atoms with Crippen molar-refractivity contribution >= 4 is 0 Å². The smallest absolute Gasteiger partial charge is 0.147 e. The summed E-state index contributed by atoms with van der Waals surface area (Å²) in [5.74, 6) is 2.26. The van der Waals surface area contributed by atoms with Crippen molar-refractivity contribution in [3.05, 3.63) is 29.6 Å². The molecule has 1 fully saturated rings. The number of aryl methyl sites for hydroxylation is 1. The third kappa shape index (κ3) is 3.52. The molecule has 7 nitrogen and oxygen atoms in total. The molecule has 7 heteroatoms. The van der Waals surface area contributed by atoms with Gasteiger partial charge in [0.2, 0.25) is 0 Å². The van der Waals surface area contributed by atoms with Crippen molar-refractivity contribution in [3.63, 3.8) is 0 Å². The fourth-order valence-electron chi connectivity index (χ4n) is 3.86. The average molecular weight is 329 g/mol. The van der Waals surface area contributed by atoms with Crippen LogP contribution < -0.4 is 0 Å². The highest BCUT2D eigenvalue weighted by molar-refractivity contribution is 5.05. The number of hydrogen-bond acceptors (Lipinski definition) is 5. The van der Waals surface area contributed by atoms with Gasteiger partial charge in [0.25, 0.3) is 0 Å². The van der Waals surface area contributed by atoms with Gasteiger partial charge in [0.15, 0.2) is 0 Å². The average Bonchev–Trinajstić information content (AvgIpc) is 3.09. The lowest BCUT2D eigenvalue weighted by Gasteiger charge is -2.25. The van der Waals surface area contributed by atoms with Crippen LogP contribution in [0.15, 0.2) is 12.4 Å². The quantitative estimate of drug-likeness (QED) is 0.849. The fraction of sp³-hybridized carbons (Fsp3) is 0.706. The predicted molar refractivity (Wildman–Crippen MR) is 91.1 cm³/mol. The molecular formula is C17H27N7. The molecule has 2 aliphatic heterocycles. The van der Waals surface area contributed by atoms with Crippen LogP contribution in [0.1, 0.15) is 42.9 Å². The first-order valence-corrected chi connectivity index (χ1v) is 9.11. The molecule has 0 unspecified atom stereocenters. The van der Waals surface area contributed by atoms with Crippen molar-refractivity contribution in [2.45, 2.75) is 51.9 Å². The second kappa shape index (κ2) is 7.03. The summed E-state index contributed by atoms with van der Waals surface area (Å²) in [4.78, 5) is 4.98. The zero-order valence-electron chi connectivity index (χ0n) is 14.6. The van der Waals surface area contributed by atoms with Crippen LogP contribution >= 0.6 is 0 Å². The van der Waals surface area contributed by atoms with Gasteiger partial charge in [0.05, 0.1) is 19.3 Å². The second-order valence-electron chi connectivity index (χ2n) is 7.11. The van der Waals surface area contributed by atoms with Crippen LogP contribution in [-0.4, -0.2) is 54.0 Å². The number of fused-ring (bicyclic) bond motifs is 1. The van der Waals surface area contributed by atoms with E-state index in [1.165, 1.54) is 37.9 Å². The Morgan fingerprint density at radius 2 is 1.75 bits per heavy atom. The van der Waals surface area contributed by atoms with Gasteiger partial charge in [-0.05, 0) is 32.4 Å². The zero-order valence-corrected chi connectivity index (χ0v) is 14.6. The molecule has 0 amide bonds. The van der Waals surface area contributed by atoms with Crippen LogP contribution in [0.2, 0.25) is 0 Å². The molecule has 0 atom stereocenters. The number of rotatable bonds is 4. The van der Waals surface area contributed by atoms with E-state index in [4.69, 9.17) is 0 Å². The first-order valence-electron chi connectivity index (χ1n) is 9.11. The van der Waals surface area contributed by atoms with Gasteiger partial charge in [0, 0.05) is 38.4 Å². The topological polar surface area (TPSA) is 55.0 Å². The Balaban J connectivity index is 1.43. The van der Waals surface area contributed by atoms with Gasteiger partial charge in [-0.3, -0.25) is 14.5 Å². The third-order valence-electron chi connectivity index (χ3n) is 5.10. The second-order valence-corrected chi connectivity index (χ2v) is 7.11. The summed E-state index contributed by atoms with van der Waals surface area (Å²) in [5.41, 5.74) is 1.26. The van der Waals surface area contributed by atoms with Gasteiger partial charge in [-0.15, -0.1) is 10.2 Å². The first-order chi connectivity index (χ1) is 11.8. The Bertz CT molecular complexity index is 668. The van der Waals surface area contributed by atoms with Gasteiger partial charge in [-0.25, -0.2) is 0 Å². The highest BCUT2D eigenvalue weighted by atomic mass is 15.3. The molecule has 0 aromatic carbocycles. The Morgan fingerprint density at radius 3 is 2.54 bits per heavy atom. The first kappa shape index (κ1) is 15.8. The Labute approximate surface area is 143 Å². The highest BCUT2D eigenvalue weighted by Gasteiger charge is 2.21. The summed E-state index contributed by atoms with van der Waals surface area (Å²) in [6, 6.07) is 0. The molecule has 2 aromatic rings. The maximum atomic E-state index is 4.51. The van der Waals surface area contributed by atoms with E-state index in [9.17, 15) is 0 Å². The van der Waals surface area contributed by atoms with E-state index in [0.29, 0.717) is 0 Å². The largest absolute Gasteiger partial charge is 0.313 e. The Kier molecular flexibility index (Phi) is 4.62. The Morgan fingerprint density at radius 1 is 0.917 bits per heavy atom. The molecular weight excluding hydrogens is 302 g/mol. The molecule has 2 aliphatic rings. The molecule has 4 heterocycles. The molecule has 1 saturated heterocycles. The lowest BCUT2D eigenvalue weighted by Crippen LogP contribution is -2.30. The van der Waals surface area contributed by atoms with Crippen molar-refractivity contribution in [1.29, 1.82) is 0 Å². The summed E-state index contributed by atoms with van der Waals surface area (Å²) >= 11 is 0. The van der Waals surface area contributed by atoms with Crippen LogP contribution in [-0.2, 0) is 33.2 Å². The number of nitrogens with zero attached hydrogens (tertiary/aromatic N) is 7. The van der Waals surface area contributed by atoms with E-state index in [2.05, 4.69) is 35.9 Å². The minimum atomic E-state index is 0.877. The predicted octanol–water partition coefficient (Wildman–Crippen LogP) is 1.40. The monoisotopic (exact) mass is 329 g/mol. The van der Waals surface area contributed by atoms with E-state index in [0.717, 1.165) is 50.8 Å². The number of likely N-dealkylation sites (tertiary alicyclic amines) is 1. The van der Waals surface area contributed by atoms with Crippen molar-refractivity contribution in [1.82, 2.24) is 34.3 Å². The van der Waals surface area contributed by atoms with Gasteiger partial charge >= 0.3 is 0 Å². The van der Waals surface area contributed by atoms with Gasteiger partial charge in [0.1, 0.15) is 11.6 Å². The SMILES string of the molecule is Cn1cc(CN2CCCn3c(CN4CCCCC4)nnc3C2)cn1. The van der Waals surface area contributed by atoms with E-state index in [1.54, 1.807) is 0 Å². The molecule has 0 spiro atoms. The molecule has 24 heavy (non-hydrogen) atoms. The zero-order chi connectivity index (χ0) is 16.4. The number of hydrogen-bond donors (Lipinski definition) is 0. The van der Waals surface area contributed by atoms with Gasteiger partial charge in [-0.1, -0.05) is 6.42 Å². The molecule has 4 rings (SSSR count). The fourth-order valence-corrected chi connectivity index (χ4v) is 3.86. The standard InChI is InChI=1S/C17H27N7/c1-21-11-15(10-18-21)12-23-8-5-9-24-16(19-20-17(24)14-23)13-22-6-3-2-4-7-22/h10-11H,2-9,12-14H2,1H3. The van der Waals surface area contributed by atoms with Crippen LogP contribution in [0, 0.1) is 0 Å². The summed E-state index contributed by atoms with van der Waals surface area (Å²) in [5, 5.41) is 13.3. The lowest BCUT2D eigenvalue weighted by molar-refractivity contribution is 0.212. The van der Waals surface area contributed by atoms with Crippen LogP contribution in [0.4, 0.5) is 0 Å². The summed E-state index contributed by atoms with van der Waals surface area (Å²) in [6.07, 6.45) is 9.21. The van der Waals surface area contributed by atoms with Gasteiger partial charge in [-0.2, -0.15) is 5.10 Å². The van der Waals surface area contributed by atoms with Crippen LogP contribution in [0.25, 0.3) is 0 Å². The highest BCUT2D eigenvalue weighted by Crippen LogP contribution is 2.17. The van der Waals surface area contributed by atoms with E-state index >= 15 is 0 Å². The van der Waals surface area contributed by atoms with Crippen molar-refractivity contribution in [2.75, 3.05) is 19.6 Å². The maximum absolute atomic E-state index is 4.51. The molecule has 130 valence electrons. The molecule has 0 radical (unpaired) electrons. The summed E-state index contributed by atoms with van der Waals surface area (Å²) in [7, 11) is 1.97. The van der Waals surface area contributed by atoms with E-state index < -0.39 is 0 Å².